The van der Waals surface area contributed by atoms with Crippen molar-refractivity contribution < 1.29 is 50.3 Å². The van der Waals surface area contributed by atoms with Crippen LogP contribution in [0.2, 0.25) is 0 Å². The number of imide groups is 2. The van der Waals surface area contributed by atoms with E-state index >= 15 is 0 Å². The number of alkyl halides is 1. The second kappa shape index (κ2) is 20.4. The van der Waals surface area contributed by atoms with Crippen molar-refractivity contribution in [1.29, 1.82) is 0 Å². The van der Waals surface area contributed by atoms with E-state index < -0.39 is 28.8 Å². The summed E-state index contributed by atoms with van der Waals surface area (Å²) in [5.74, 6) is -0.309. The van der Waals surface area contributed by atoms with Gasteiger partial charge in [-0.15, -0.1) is 19.7 Å². The van der Waals surface area contributed by atoms with Gasteiger partial charge in [0.15, 0.2) is 0 Å². The molecule has 0 aromatic heterocycles. The summed E-state index contributed by atoms with van der Waals surface area (Å²) < 4.78 is 16.4. The summed E-state index contributed by atoms with van der Waals surface area (Å²) in [7, 11) is 0. The smallest absolute Gasteiger partial charge is 1.00 e. The van der Waals surface area contributed by atoms with Crippen molar-refractivity contribution in [1.82, 2.24) is 9.80 Å². The fourth-order valence-electron chi connectivity index (χ4n) is 3.48. The molecule has 4 amide bonds. The Hall–Kier alpha value is -1.47. The molecule has 0 spiro atoms. The van der Waals surface area contributed by atoms with E-state index in [-0.39, 0.29) is 38.3 Å². The number of carbonyl (C=O) groups is 4. The standard InChI is InChI=1S/C15H23NO3.C9H15NO3.C3H5Br.CH4S.Li.H/c1-6-8-15(9-7-2)10-11-16(12(15)17)13(18)19-14(3,4)5;1-9(2,3)13-8(12)10-6-4-5-7(10)11;1-2-3-4;1-2;;/h6-7H,1-2,8-11H2,3-5H3;4-6H2,1-3H3;2H,1,3H2;2H,1H3;;/q;;;;+1;-1/i;;;1D;;. The van der Waals surface area contributed by atoms with Crippen molar-refractivity contribution in [3.63, 3.8) is 0 Å². The van der Waals surface area contributed by atoms with Crippen molar-refractivity contribution in [3.05, 3.63) is 38.0 Å². The van der Waals surface area contributed by atoms with Crippen molar-refractivity contribution in [2.24, 2.45) is 5.41 Å². The quantitative estimate of drug-likeness (QED) is 0.214. The third kappa shape index (κ3) is 16.4. The van der Waals surface area contributed by atoms with Crippen LogP contribution in [0.4, 0.5) is 9.59 Å². The Bertz CT molecular complexity index is 840. The number of ether oxygens (including phenoxy) is 2. The Morgan fingerprint density at radius 2 is 1.41 bits per heavy atom. The average molecular weight is 629 g/mol. The van der Waals surface area contributed by atoms with E-state index in [2.05, 4.69) is 48.3 Å². The molecule has 2 fully saturated rings. The third-order valence-corrected chi connectivity index (χ3v) is 5.45. The summed E-state index contributed by atoms with van der Waals surface area (Å²) >= 11 is 6.59. The molecule has 0 saturated carbocycles. The molecule has 2 aliphatic rings. The van der Waals surface area contributed by atoms with Crippen molar-refractivity contribution >= 4 is 52.6 Å². The Labute approximate surface area is 264 Å². The summed E-state index contributed by atoms with van der Waals surface area (Å²) in [4.78, 5) is 49.3. The SMILES string of the molecule is C=CCBr.C=CCC1(CC=C)CCN(C(=O)OC(C)(C)C)C1=O.CC(C)(C)OC(=O)N1CCCC1=O.[2H]CS.[H-].[Li+]. The van der Waals surface area contributed by atoms with Crippen molar-refractivity contribution in [2.45, 2.75) is 84.8 Å². The second-order valence-corrected chi connectivity index (χ2v) is 11.2. The van der Waals surface area contributed by atoms with Gasteiger partial charge in [-0.2, -0.15) is 12.6 Å². The first-order chi connectivity index (χ1) is 18.0. The summed E-state index contributed by atoms with van der Waals surface area (Å²) in [6, 6.07) is 0. The van der Waals surface area contributed by atoms with Crippen LogP contribution >= 0.6 is 28.6 Å². The van der Waals surface area contributed by atoms with E-state index in [9.17, 15) is 19.2 Å². The van der Waals surface area contributed by atoms with Gasteiger partial charge in [-0.25, -0.2) is 19.4 Å². The van der Waals surface area contributed by atoms with Gasteiger partial charge < -0.3 is 10.9 Å². The van der Waals surface area contributed by atoms with Gasteiger partial charge in [0, 0.05) is 26.2 Å². The van der Waals surface area contributed by atoms with E-state index in [1.807, 2.05) is 0 Å². The number of amides is 4. The van der Waals surface area contributed by atoms with Gasteiger partial charge >= 0.3 is 31.0 Å². The maximum atomic E-state index is 12.5. The van der Waals surface area contributed by atoms with Crippen LogP contribution in [0, 0.1) is 5.41 Å². The first kappa shape index (κ1) is 39.7. The van der Waals surface area contributed by atoms with Gasteiger partial charge in [-0.05, 0) is 73.5 Å². The molecule has 2 rings (SSSR count). The summed E-state index contributed by atoms with van der Waals surface area (Å²) in [5, 5.41) is 0.896. The number of nitrogens with zero attached hydrogens (tertiary/aromatic N) is 2. The van der Waals surface area contributed by atoms with Crippen LogP contribution in [0.15, 0.2) is 38.0 Å². The molecule has 0 radical (unpaired) electrons. The van der Waals surface area contributed by atoms with E-state index in [0.717, 1.165) is 11.8 Å². The van der Waals surface area contributed by atoms with Gasteiger partial charge in [0.05, 0.1) is 5.41 Å². The van der Waals surface area contributed by atoms with Crippen LogP contribution in [-0.2, 0) is 19.1 Å². The minimum atomic E-state index is -0.598. The fourth-order valence-corrected chi connectivity index (χ4v) is 3.48. The summed E-state index contributed by atoms with van der Waals surface area (Å²) in [6.07, 6.45) is 7.29. The van der Waals surface area contributed by atoms with E-state index in [0.29, 0.717) is 38.8 Å². The zero-order valence-corrected chi connectivity index (χ0v) is 27.4. The summed E-state index contributed by atoms with van der Waals surface area (Å²) in [6.45, 7) is 22.4. The van der Waals surface area contributed by atoms with Gasteiger partial charge in [-0.3, -0.25) is 9.59 Å². The van der Waals surface area contributed by atoms with Gasteiger partial charge in [-0.1, -0.05) is 34.2 Å². The second-order valence-electron chi connectivity index (χ2n) is 10.5. The van der Waals surface area contributed by atoms with Crippen LogP contribution < -0.4 is 18.9 Å². The van der Waals surface area contributed by atoms with E-state index in [4.69, 9.17) is 10.8 Å². The Morgan fingerprint density at radius 1 is 1.00 bits per heavy atom. The fraction of sp³-hybridized carbons (Fsp3) is 0.643. The topological polar surface area (TPSA) is 93.2 Å². The molecule has 8 nitrogen and oxygen atoms in total. The van der Waals surface area contributed by atoms with Gasteiger partial charge in [0.25, 0.3) is 0 Å². The van der Waals surface area contributed by atoms with Crippen LogP contribution in [-0.4, -0.2) is 69.7 Å². The maximum absolute atomic E-state index is 12.5. The third-order valence-electron chi connectivity index (χ3n) is 4.99. The predicted octanol–water partition coefficient (Wildman–Crippen LogP) is 4.07. The van der Waals surface area contributed by atoms with Gasteiger partial charge in [0.1, 0.15) is 11.2 Å². The number of carbonyl (C=O) groups excluding carboxylic acids is 4. The molecule has 2 saturated heterocycles. The van der Waals surface area contributed by atoms with Crippen LogP contribution in [0.5, 0.6) is 0 Å². The molecule has 2 aliphatic heterocycles. The normalized spacial score (nSPS) is 15.9. The Morgan fingerprint density at radius 3 is 1.72 bits per heavy atom. The molecule has 0 aliphatic carbocycles. The Kier molecular flexibility index (Phi) is 20.8. The molecule has 0 aromatic rings. The average Bonchev–Trinajstić information content (AvgIpc) is 3.37. The molecule has 0 atom stereocenters. The first-order valence-corrected chi connectivity index (χ1v) is 14.1. The first-order valence-electron chi connectivity index (χ1n) is 13.1. The van der Waals surface area contributed by atoms with Gasteiger partial charge in [0.2, 0.25) is 11.8 Å². The van der Waals surface area contributed by atoms with Crippen LogP contribution in [0.3, 0.4) is 0 Å². The molecular weight excluding hydrogens is 579 g/mol. The van der Waals surface area contributed by atoms with Crippen LogP contribution in [0.25, 0.3) is 0 Å². The monoisotopic (exact) mass is 627 g/mol. The van der Waals surface area contributed by atoms with E-state index in [1.54, 1.807) is 59.8 Å². The molecule has 0 aromatic carbocycles. The number of hydrogen-bond donors (Lipinski definition) is 1. The molecule has 0 unspecified atom stereocenters. The van der Waals surface area contributed by atoms with E-state index in [1.165, 1.54) is 9.80 Å². The summed E-state index contributed by atoms with van der Waals surface area (Å²) in [5.41, 5.74) is -1.69. The van der Waals surface area contributed by atoms with Crippen LogP contribution in [0.1, 0.15) is 76.4 Å². The number of allylic oxidation sites excluding steroid dienone is 3. The number of rotatable bonds is 5. The number of likely N-dealkylation sites (tertiary alicyclic amines) is 2. The molecule has 39 heavy (non-hydrogen) atoms. The van der Waals surface area contributed by atoms with Crippen molar-refractivity contribution in [3.8, 4) is 0 Å². The predicted molar refractivity (Wildman–Crippen MR) is 162 cm³/mol. The van der Waals surface area contributed by atoms with Crippen molar-refractivity contribution in [2.75, 3.05) is 24.7 Å². The zero-order valence-electron chi connectivity index (χ0n) is 26.9. The minimum absolute atomic E-state index is 0. The molecule has 220 valence electrons. The molecule has 0 bridgehead atoms. The number of hydrogen-bond acceptors (Lipinski definition) is 7. The molecule has 11 heteroatoms. The number of halogens is 1. The molecule has 2 heterocycles. The Balaban J connectivity index is -0.000000270. The zero-order chi connectivity index (χ0) is 30.9. The number of thiol groups is 1. The minimum Gasteiger partial charge on any atom is -1.00 e. The molecule has 0 N–H and O–H groups in total. The molecular formula is C28H48BrLiN2O6S. The maximum Gasteiger partial charge on any atom is 1.00 e. The largest absolute Gasteiger partial charge is 1.00 e.